The number of aliphatic carboxylic acids is 1. The summed E-state index contributed by atoms with van der Waals surface area (Å²) in [5, 5.41) is 25.7. The number of aliphatic hydroxyl groups excluding tert-OH is 1. The van der Waals surface area contributed by atoms with Crippen molar-refractivity contribution in [2.75, 3.05) is 0 Å². The van der Waals surface area contributed by atoms with Crippen molar-refractivity contribution in [3.8, 4) is 0 Å². The fourth-order valence-electron chi connectivity index (χ4n) is 2.58. The van der Waals surface area contributed by atoms with Gasteiger partial charge in [-0.25, -0.2) is 4.79 Å². The summed E-state index contributed by atoms with van der Waals surface area (Å²) in [5.41, 5.74) is 15.6. The highest BCUT2D eigenvalue weighted by Crippen LogP contribution is 2.10. The first-order valence-electron chi connectivity index (χ1n) is 9.85. The van der Waals surface area contributed by atoms with Crippen LogP contribution >= 0.6 is 0 Å². The van der Waals surface area contributed by atoms with Gasteiger partial charge < -0.3 is 43.4 Å². The molecule has 0 aromatic rings. The van der Waals surface area contributed by atoms with E-state index in [1.165, 1.54) is 6.92 Å². The van der Waals surface area contributed by atoms with Crippen LogP contribution in [-0.4, -0.2) is 76.0 Å². The number of carboxylic acid groups (broad SMARTS) is 1. The third-order valence-electron chi connectivity index (χ3n) is 4.63. The van der Waals surface area contributed by atoms with Crippen molar-refractivity contribution < 1.29 is 39.0 Å². The zero-order chi connectivity index (χ0) is 25.2. The zero-order valence-electron chi connectivity index (χ0n) is 18.2. The van der Waals surface area contributed by atoms with Crippen LogP contribution in [0, 0.1) is 5.92 Å². The van der Waals surface area contributed by atoms with E-state index >= 15 is 0 Å². The van der Waals surface area contributed by atoms with Crippen LogP contribution in [0.25, 0.3) is 0 Å². The Labute approximate surface area is 184 Å². The minimum absolute atomic E-state index is 0.425. The SMILES string of the molecule is CCC(C)C(NC(=O)C(N)CC(N)=O)C(=O)NC(C(=O)NC(CC(N)=O)C(=O)O)C(C)O. The summed E-state index contributed by atoms with van der Waals surface area (Å²) in [4.78, 5) is 70.7. The molecular formula is C18H32N6O8. The highest BCUT2D eigenvalue weighted by atomic mass is 16.4. The van der Waals surface area contributed by atoms with Crippen LogP contribution in [0.15, 0.2) is 0 Å². The molecule has 0 spiro atoms. The van der Waals surface area contributed by atoms with Crippen molar-refractivity contribution in [2.45, 2.75) is 70.3 Å². The Morgan fingerprint density at radius 1 is 0.812 bits per heavy atom. The Morgan fingerprint density at radius 2 is 1.28 bits per heavy atom. The number of hydrogen-bond acceptors (Lipinski definition) is 8. The van der Waals surface area contributed by atoms with Gasteiger partial charge >= 0.3 is 5.97 Å². The molecule has 0 aliphatic rings. The highest BCUT2D eigenvalue weighted by Gasteiger charge is 2.34. The van der Waals surface area contributed by atoms with Gasteiger partial charge in [0.05, 0.1) is 25.0 Å². The zero-order valence-corrected chi connectivity index (χ0v) is 18.2. The van der Waals surface area contributed by atoms with Gasteiger partial charge in [0.1, 0.15) is 18.1 Å². The van der Waals surface area contributed by atoms with Crippen LogP contribution in [0.3, 0.4) is 0 Å². The first kappa shape index (κ1) is 28.7. The predicted molar refractivity (Wildman–Crippen MR) is 110 cm³/mol. The lowest BCUT2D eigenvalue weighted by Crippen LogP contribution is -2.61. The van der Waals surface area contributed by atoms with E-state index in [4.69, 9.17) is 22.3 Å². The van der Waals surface area contributed by atoms with Gasteiger partial charge in [0.25, 0.3) is 0 Å². The molecule has 0 aliphatic carbocycles. The molecule has 6 unspecified atom stereocenters. The van der Waals surface area contributed by atoms with Crippen LogP contribution in [0.4, 0.5) is 0 Å². The molecule has 0 aromatic carbocycles. The number of rotatable bonds is 14. The van der Waals surface area contributed by atoms with Crippen LogP contribution in [0.1, 0.15) is 40.0 Å². The molecule has 14 heteroatoms. The van der Waals surface area contributed by atoms with Crippen LogP contribution < -0.4 is 33.2 Å². The maximum atomic E-state index is 12.8. The van der Waals surface area contributed by atoms with Gasteiger partial charge in [0, 0.05) is 0 Å². The van der Waals surface area contributed by atoms with Crippen molar-refractivity contribution in [3.05, 3.63) is 0 Å². The number of nitrogens with two attached hydrogens (primary N) is 3. The molecule has 0 aromatic heterocycles. The second kappa shape index (κ2) is 13.2. The van der Waals surface area contributed by atoms with Crippen molar-refractivity contribution >= 4 is 35.5 Å². The molecular weight excluding hydrogens is 428 g/mol. The Kier molecular flexibility index (Phi) is 11.9. The number of nitrogens with one attached hydrogen (secondary N) is 3. The molecule has 0 heterocycles. The van der Waals surface area contributed by atoms with Crippen molar-refractivity contribution in [1.82, 2.24) is 16.0 Å². The molecule has 0 fully saturated rings. The van der Waals surface area contributed by atoms with E-state index in [1.54, 1.807) is 13.8 Å². The monoisotopic (exact) mass is 460 g/mol. The number of primary amides is 2. The lowest BCUT2D eigenvalue weighted by molar-refractivity contribution is -0.144. The molecule has 0 aliphatic heterocycles. The van der Waals surface area contributed by atoms with Gasteiger partial charge in [-0.2, -0.15) is 0 Å². The third kappa shape index (κ3) is 9.70. The van der Waals surface area contributed by atoms with Crippen LogP contribution in [-0.2, 0) is 28.8 Å². The molecule has 14 nitrogen and oxygen atoms in total. The van der Waals surface area contributed by atoms with E-state index in [2.05, 4.69) is 10.6 Å². The Hall–Kier alpha value is -3.26. The number of amides is 5. The lowest BCUT2D eigenvalue weighted by atomic mass is 9.97. The molecule has 5 amide bonds. The summed E-state index contributed by atoms with van der Waals surface area (Å²) in [6.45, 7) is 4.55. The predicted octanol–water partition coefficient (Wildman–Crippen LogP) is -3.97. The normalized spacial score (nSPS) is 16.4. The average molecular weight is 460 g/mol. The Morgan fingerprint density at radius 3 is 1.69 bits per heavy atom. The molecule has 0 saturated heterocycles. The topological polar surface area (TPSA) is 257 Å². The molecule has 0 radical (unpaired) electrons. The maximum absolute atomic E-state index is 12.8. The Bertz CT molecular complexity index is 728. The van der Waals surface area contributed by atoms with Gasteiger partial charge in [-0.3, -0.25) is 24.0 Å². The third-order valence-corrected chi connectivity index (χ3v) is 4.63. The molecule has 182 valence electrons. The van der Waals surface area contributed by atoms with Gasteiger partial charge in [-0.1, -0.05) is 20.3 Å². The first-order valence-corrected chi connectivity index (χ1v) is 9.85. The van der Waals surface area contributed by atoms with E-state index in [1.807, 2.05) is 5.32 Å². The lowest BCUT2D eigenvalue weighted by Gasteiger charge is -2.28. The number of carbonyl (C=O) groups excluding carboxylic acids is 5. The fourth-order valence-corrected chi connectivity index (χ4v) is 2.58. The first-order chi connectivity index (χ1) is 14.7. The number of hydrogen-bond donors (Lipinski definition) is 8. The van der Waals surface area contributed by atoms with E-state index in [0.717, 1.165) is 0 Å². The second-order valence-electron chi connectivity index (χ2n) is 7.45. The summed E-state index contributed by atoms with van der Waals surface area (Å²) in [7, 11) is 0. The number of carbonyl (C=O) groups is 6. The van der Waals surface area contributed by atoms with E-state index < -0.39 is 84.5 Å². The number of aliphatic hydroxyl groups is 1. The fraction of sp³-hybridized carbons (Fsp3) is 0.667. The van der Waals surface area contributed by atoms with Gasteiger partial charge in [0.2, 0.25) is 29.5 Å². The molecule has 0 rings (SSSR count). The van der Waals surface area contributed by atoms with Gasteiger partial charge in [-0.15, -0.1) is 0 Å². The smallest absolute Gasteiger partial charge is 0.326 e. The van der Waals surface area contributed by atoms with E-state index in [9.17, 15) is 33.9 Å². The molecule has 0 bridgehead atoms. The quantitative estimate of drug-likeness (QED) is 0.125. The minimum Gasteiger partial charge on any atom is -0.480 e. The summed E-state index contributed by atoms with van der Waals surface area (Å²) in [5.74, 6) is -6.55. The second-order valence-corrected chi connectivity index (χ2v) is 7.45. The van der Waals surface area contributed by atoms with Crippen LogP contribution in [0.5, 0.6) is 0 Å². The van der Waals surface area contributed by atoms with Gasteiger partial charge in [-0.05, 0) is 12.8 Å². The summed E-state index contributed by atoms with van der Waals surface area (Å²) >= 11 is 0. The average Bonchev–Trinajstić information content (AvgIpc) is 2.67. The number of carboxylic acids is 1. The van der Waals surface area contributed by atoms with Crippen molar-refractivity contribution in [1.29, 1.82) is 0 Å². The van der Waals surface area contributed by atoms with Crippen molar-refractivity contribution in [2.24, 2.45) is 23.1 Å². The highest BCUT2D eigenvalue weighted by molar-refractivity contribution is 5.95. The van der Waals surface area contributed by atoms with Crippen LogP contribution in [0.2, 0.25) is 0 Å². The molecule has 0 saturated carbocycles. The molecule has 11 N–H and O–H groups in total. The molecule has 6 atom stereocenters. The standard InChI is InChI=1S/C18H32N6O8/c1-4-7(2)13(23-15(28)9(19)5-11(20)26)16(29)24-14(8(3)25)17(30)22-10(18(31)32)6-12(21)27/h7-10,13-14,25H,4-6,19H2,1-3H3,(H2,20,26)(H2,21,27)(H,22,30)(H,23,28)(H,24,29)(H,31,32). The summed E-state index contributed by atoms with van der Waals surface area (Å²) in [6.07, 6.45) is -2.19. The van der Waals surface area contributed by atoms with E-state index in [-0.39, 0.29) is 0 Å². The Balaban J connectivity index is 5.51. The van der Waals surface area contributed by atoms with Crippen molar-refractivity contribution in [3.63, 3.8) is 0 Å². The summed E-state index contributed by atoms with van der Waals surface area (Å²) in [6, 6.07) is -5.77. The summed E-state index contributed by atoms with van der Waals surface area (Å²) < 4.78 is 0. The maximum Gasteiger partial charge on any atom is 0.326 e. The largest absolute Gasteiger partial charge is 0.480 e. The molecule has 32 heavy (non-hydrogen) atoms. The van der Waals surface area contributed by atoms with E-state index in [0.29, 0.717) is 6.42 Å². The van der Waals surface area contributed by atoms with Gasteiger partial charge in [0.15, 0.2) is 0 Å². The minimum atomic E-state index is -1.67.